The Labute approximate surface area is 206 Å². The van der Waals surface area contributed by atoms with E-state index < -0.39 is 11.1 Å². The number of hydrogen-bond acceptors (Lipinski definition) is 7. The summed E-state index contributed by atoms with van der Waals surface area (Å²) in [6, 6.07) is 12.6. The minimum atomic E-state index is -0.517. The molecule has 10 heteroatoms. The predicted molar refractivity (Wildman–Crippen MR) is 129 cm³/mol. The predicted octanol–water partition coefficient (Wildman–Crippen LogP) is 3.82. The first-order chi connectivity index (χ1) is 16.5. The fourth-order valence-corrected chi connectivity index (χ4v) is 4.57. The topological polar surface area (TPSA) is 85.4 Å². The Balaban J connectivity index is 1.53. The van der Waals surface area contributed by atoms with Crippen molar-refractivity contribution in [2.75, 3.05) is 40.0 Å². The van der Waals surface area contributed by atoms with Gasteiger partial charge in [-0.05, 0) is 30.0 Å². The number of benzene rings is 2. The quantitative estimate of drug-likeness (QED) is 0.532. The van der Waals surface area contributed by atoms with Gasteiger partial charge in [-0.2, -0.15) is 0 Å². The van der Waals surface area contributed by atoms with Crippen molar-refractivity contribution in [1.82, 2.24) is 9.80 Å². The summed E-state index contributed by atoms with van der Waals surface area (Å²) in [7, 11) is 1.52. The molecule has 2 aliphatic rings. The smallest absolute Gasteiger partial charge is 0.294 e. The average molecular weight is 503 g/mol. The van der Waals surface area contributed by atoms with E-state index in [0.717, 1.165) is 22.2 Å². The maximum Gasteiger partial charge on any atom is 0.294 e. The van der Waals surface area contributed by atoms with Crippen LogP contribution in [0, 0.1) is 0 Å². The molecule has 2 heterocycles. The monoisotopic (exact) mass is 502 g/mol. The van der Waals surface area contributed by atoms with Crippen LogP contribution in [-0.2, 0) is 20.9 Å². The number of imide groups is 1. The molecule has 2 aromatic carbocycles. The lowest BCUT2D eigenvalue weighted by atomic mass is 10.1. The number of para-hydroxylation sites is 1. The molecule has 8 nitrogen and oxygen atoms in total. The van der Waals surface area contributed by atoms with Crippen molar-refractivity contribution in [2.24, 2.45) is 0 Å². The summed E-state index contributed by atoms with van der Waals surface area (Å²) in [6.07, 6.45) is 1.58. The Bertz CT molecular complexity index is 1130. The molecule has 2 aliphatic heterocycles. The van der Waals surface area contributed by atoms with Gasteiger partial charge < -0.3 is 19.1 Å². The summed E-state index contributed by atoms with van der Waals surface area (Å²) < 4.78 is 16.7. The number of halogens is 1. The Kier molecular flexibility index (Phi) is 7.77. The van der Waals surface area contributed by atoms with Crippen LogP contribution < -0.4 is 9.47 Å². The zero-order valence-corrected chi connectivity index (χ0v) is 20.1. The molecule has 2 aromatic rings. The summed E-state index contributed by atoms with van der Waals surface area (Å²) in [6.45, 7) is 1.68. The first-order valence-electron chi connectivity index (χ1n) is 10.6. The second-order valence-corrected chi connectivity index (χ2v) is 8.92. The summed E-state index contributed by atoms with van der Waals surface area (Å²) in [5.74, 6) is 0.0946. The number of carbonyl (C=O) groups is 3. The standard InChI is InChI=1S/C24H23ClN2O6S/c1-31-19-8-4-6-16(22(19)33-15-17-5-2-3-7-18(17)25)13-20-23(29)27(24(30)34-20)14-21(28)26-9-11-32-12-10-26/h2-8,13H,9-12,14-15H2,1H3/b20-13-. The second-order valence-electron chi connectivity index (χ2n) is 7.52. The van der Waals surface area contributed by atoms with Gasteiger partial charge >= 0.3 is 0 Å². The highest BCUT2D eigenvalue weighted by atomic mass is 35.5. The molecule has 0 aliphatic carbocycles. The zero-order chi connectivity index (χ0) is 24.1. The van der Waals surface area contributed by atoms with Gasteiger partial charge in [0.25, 0.3) is 11.1 Å². The third kappa shape index (κ3) is 5.38. The van der Waals surface area contributed by atoms with Gasteiger partial charge in [-0.15, -0.1) is 0 Å². The largest absolute Gasteiger partial charge is 0.493 e. The Morgan fingerprint density at radius 3 is 2.65 bits per heavy atom. The van der Waals surface area contributed by atoms with Crippen LogP contribution in [0.1, 0.15) is 11.1 Å². The highest BCUT2D eigenvalue weighted by Crippen LogP contribution is 2.38. The van der Waals surface area contributed by atoms with Crippen molar-refractivity contribution in [2.45, 2.75) is 6.61 Å². The van der Waals surface area contributed by atoms with Crippen molar-refractivity contribution in [3.63, 3.8) is 0 Å². The fourth-order valence-electron chi connectivity index (χ4n) is 3.55. The highest BCUT2D eigenvalue weighted by molar-refractivity contribution is 8.18. The van der Waals surface area contributed by atoms with E-state index in [9.17, 15) is 14.4 Å². The van der Waals surface area contributed by atoms with Gasteiger partial charge in [0.2, 0.25) is 5.91 Å². The number of carbonyl (C=O) groups excluding carboxylic acids is 3. The Hall–Kier alpha value is -3.01. The zero-order valence-electron chi connectivity index (χ0n) is 18.5. The maximum absolute atomic E-state index is 13.0. The maximum atomic E-state index is 13.0. The van der Waals surface area contributed by atoms with E-state index in [1.165, 1.54) is 7.11 Å². The van der Waals surface area contributed by atoms with Crippen molar-refractivity contribution in [1.29, 1.82) is 0 Å². The first-order valence-corrected chi connectivity index (χ1v) is 11.8. The van der Waals surface area contributed by atoms with Gasteiger partial charge in [0.05, 0.1) is 25.2 Å². The lowest BCUT2D eigenvalue weighted by molar-refractivity contribution is -0.139. The number of rotatable bonds is 7. The number of methoxy groups -OCH3 is 1. The van der Waals surface area contributed by atoms with E-state index in [0.29, 0.717) is 48.4 Å². The van der Waals surface area contributed by atoms with Crippen LogP contribution >= 0.6 is 23.4 Å². The molecular formula is C24H23ClN2O6S. The number of hydrogen-bond donors (Lipinski definition) is 0. The summed E-state index contributed by atoms with van der Waals surface area (Å²) in [5.41, 5.74) is 1.36. The van der Waals surface area contributed by atoms with Crippen LogP contribution in [-0.4, -0.2) is 66.8 Å². The minimum Gasteiger partial charge on any atom is -0.493 e. The van der Waals surface area contributed by atoms with Crippen LogP contribution in [0.2, 0.25) is 5.02 Å². The van der Waals surface area contributed by atoms with Gasteiger partial charge in [0.1, 0.15) is 13.2 Å². The third-order valence-electron chi connectivity index (χ3n) is 5.38. The lowest BCUT2D eigenvalue weighted by Crippen LogP contribution is -2.46. The van der Waals surface area contributed by atoms with Crippen LogP contribution in [0.5, 0.6) is 11.5 Å². The van der Waals surface area contributed by atoms with E-state index in [1.54, 1.807) is 35.2 Å². The molecule has 0 radical (unpaired) electrons. The van der Waals surface area contributed by atoms with Crippen molar-refractivity contribution in [3.05, 3.63) is 63.5 Å². The number of ether oxygens (including phenoxy) is 3. The molecule has 0 atom stereocenters. The van der Waals surface area contributed by atoms with Crippen LogP contribution in [0.25, 0.3) is 6.08 Å². The van der Waals surface area contributed by atoms with Crippen LogP contribution in [0.3, 0.4) is 0 Å². The lowest BCUT2D eigenvalue weighted by Gasteiger charge is -2.28. The summed E-state index contributed by atoms with van der Waals surface area (Å²) >= 11 is 7.03. The average Bonchev–Trinajstić information content (AvgIpc) is 3.11. The first kappa shape index (κ1) is 24.1. The van der Waals surface area contributed by atoms with E-state index in [4.69, 9.17) is 25.8 Å². The van der Waals surface area contributed by atoms with Gasteiger partial charge in [-0.25, -0.2) is 0 Å². The normalized spacial score (nSPS) is 17.4. The summed E-state index contributed by atoms with van der Waals surface area (Å²) in [5, 5.41) is 0.0873. The molecule has 0 aromatic heterocycles. The minimum absolute atomic E-state index is 0.191. The van der Waals surface area contributed by atoms with E-state index in [-0.39, 0.29) is 24.0 Å². The van der Waals surface area contributed by atoms with Gasteiger partial charge in [-0.3, -0.25) is 19.3 Å². The van der Waals surface area contributed by atoms with Gasteiger partial charge in [0, 0.05) is 29.2 Å². The molecule has 3 amide bonds. The Morgan fingerprint density at radius 2 is 1.91 bits per heavy atom. The molecule has 2 saturated heterocycles. The van der Waals surface area contributed by atoms with Crippen molar-refractivity contribution < 1.29 is 28.6 Å². The van der Waals surface area contributed by atoms with Crippen molar-refractivity contribution >= 4 is 46.5 Å². The molecule has 0 spiro atoms. The molecule has 178 valence electrons. The SMILES string of the molecule is COc1cccc(/C=C2\SC(=O)N(CC(=O)N3CCOCC3)C2=O)c1OCc1ccccc1Cl. The number of morpholine rings is 1. The van der Waals surface area contributed by atoms with E-state index >= 15 is 0 Å². The van der Waals surface area contributed by atoms with Gasteiger partial charge in [-0.1, -0.05) is 41.9 Å². The van der Waals surface area contributed by atoms with E-state index in [1.807, 2.05) is 18.2 Å². The molecule has 4 rings (SSSR count). The number of thioether (sulfide) groups is 1. The number of nitrogens with zero attached hydrogens (tertiary/aromatic N) is 2. The molecule has 0 unspecified atom stereocenters. The van der Waals surface area contributed by atoms with Crippen LogP contribution in [0.4, 0.5) is 4.79 Å². The van der Waals surface area contributed by atoms with Gasteiger partial charge in [0.15, 0.2) is 11.5 Å². The highest BCUT2D eigenvalue weighted by Gasteiger charge is 2.37. The third-order valence-corrected chi connectivity index (χ3v) is 6.65. The molecule has 34 heavy (non-hydrogen) atoms. The molecule has 0 bridgehead atoms. The van der Waals surface area contributed by atoms with Crippen LogP contribution in [0.15, 0.2) is 47.4 Å². The molecule has 0 N–H and O–H groups in total. The summed E-state index contributed by atoms with van der Waals surface area (Å²) in [4.78, 5) is 40.8. The fraction of sp³-hybridized carbons (Fsp3) is 0.292. The second kappa shape index (κ2) is 10.9. The molecule has 2 fully saturated rings. The van der Waals surface area contributed by atoms with E-state index in [2.05, 4.69) is 0 Å². The van der Waals surface area contributed by atoms with Crippen molar-refractivity contribution in [3.8, 4) is 11.5 Å². The molecular weight excluding hydrogens is 480 g/mol. The number of amides is 3. The molecule has 0 saturated carbocycles. The Morgan fingerprint density at radius 1 is 1.15 bits per heavy atom.